The summed E-state index contributed by atoms with van der Waals surface area (Å²) in [7, 11) is 0. The molecule has 2 heteroatoms. The minimum absolute atomic E-state index is 0.0360. The zero-order valence-electron chi connectivity index (χ0n) is 13.2. The Morgan fingerprint density at radius 1 is 0.955 bits per heavy atom. The zero-order valence-corrected chi connectivity index (χ0v) is 13.2. The Balaban J connectivity index is 2.17. The molecule has 0 amide bonds. The van der Waals surface area contributed by atoms with Gasteiger partial charge in [0.2, 0.25) is 0 Å². The van der Waals surface area contributed by atoms with Crippen LogP contribution in [0.3, 0.4) is 0 Å². The topological polar surface area (TPSA) is 26.3 Å². The van der Waals surface area contributed by atoms with E-state index in [1.807, 2.05) is 80.6 Å². The van der Waals surface area contributed by atoms with Crippen LogP contribution in [0, 0.1) is 5.92 Å². The first-order valence-electron chi connectivity index (χ1n) is 7.78. The Morgan fingerprint density at radius 3 is 2.27 bits per heavy atom. The molecule has 2 rings (SSSR count). The van der Waals surface area contributed by atoms with Crippen molar-refractivity contribution in [2.75, 3.05) is 0 Å². The lowest BCUT2D eigenvalue weighted by Crippen LogP contribution is -2.19. The van der Waals surface area contributed by atoms with Gasteiger partial charge in [-0.15, -0.1) is 0 Å². The van der Waals surface area contributed by atoms with Crippen LogP contribution < -0.4 is 4.74 Å². The summed E-state index contributed by atoms with van der Waals surface area (Å²) in [5, 5.41) is 0. The molecule has 114 valence electrons. The number of para-hydroxylation sites is 1. The van der Waals surface area contributed by atoms with Crippen molar-refractivity contribution in [3.05, 3.63) is 65.7 Å². The summed E-state index contributed by atoms with van der Waals surface area (Å²) in [5.41, 5.74) is 2.02. The van der Waals surface area contributed by atoms with E-state index >= 15 is 0 Å². The lowest BCUT2D eigenvalue weighted by atomic mass is 10.0. The molecule has 0 bridgehead atoms. The van der Waals surface area contributed by atoms with Gasteiger partial charge in [0.15, 0.2) is 0 Å². The first-order valence-corrected chi connectivity index (χ1v) is 7.78. The first-order chi connectivity index (χ1) is 10.7. The second-order valence-electron chi connectivity index (χ2n) is 5.22. The number of hydrogen-bond acceptors (Lipinski definition) is 2. The number of hydrogen-bond donors (Lipinski definition) is 0. The molecular formula is C20H22O2. The molecule has 2 nitrogen and oxygen atoms in total. The smallest absolute Gasteiger partial charge is 0.314 e. The third kappa shape index (κ3) is 4.32. The lowest BCUT2D eigenvalue weighted by Gasteiger charge is -2.13. The van der Waals surface area contributed by atoms with Gasteiger partial charge in [-0.1, -0.05) is 74.5 Å². The van der Waals surface area contributed by atoms with Crippen LogP contribution in [-0.4, -0.2) is 5.97 Å². The minimum atomic E-state index is -0.148. The van der Waals surface area contributed by atoms with E-state index < -0.39 is 0 Å². The second kappa shape index (κ2) is 8.18. The van der Waals surface area contributed by atoms with Crippen LogP contribution in [-0.2, 0) is 4.79 Å². The maximum atomic E-state index is 12.2. The van der Waals surface area contributed by atoms with Crippen LogP contribution >= 0.6 is 0 Å². The van der Waals surface area contributed by atoms with Crippen molar-refractivity contribution in [2.24, 2.45) is 5.92 Å². The van der Waals surface area contributed by atoms with Gasteiger partial charge in [-0.25, -0.2) is 0 Å². The van der Waals surface area contributed by atoms with Gasteiger partial charge in [-0.3, -0.25) is 4.79 Å². The van der Waals surface area contributed by atoms with E-state index in [0.717, 1.165) is 24.0 Å². The summed E-state index contributed by atoms with van der Waals surface area (Å²) < 4.78 is 5.59. The highest BCUT2D eigenvalue weighted by Gasteiger charge is 2.17. The third-order valence-electron chi connectivity index (χ3n) is 3.70. The van der Waals surface area contributed by atoms with E-state index in [2.05, 4.69) is 0 Å². The molecular weight excluding hydrogens is 272 g/mol. The second-order valence-corrected chi connectivity index (χ2v) is 5.22. The SMILES string of the molecule is CCC(CC)C(=O)Oc1ccccc1/C=C/c1ccccc1. The molecule has 0 saturated carbocycles. The summed E-state index contributed by atoms with van der Waals surface area (Å²) in [5.74, 6) is 0.434. The van der Waals surface area contributed by atoms with Crippen molar-refractivity contribution in [3.63, 3.8) is 0 Å². The Hall–Kier alpha value is -2.35. The largest absolute Gasteiger partial charge is 0.426 e. The van der Waals surface area contributed by atoms with E-state index in [-0.39, 0.29) is 11.9 Å². The molecule has 2 aromatic rings. The molecule has 0 atom stereocenters. The van der Waals surface area contributed by atoms with Gasteiger partial charge in [0.05, 0.1) is 5.92 Å². The monoisotopic (exact) mass is 294 g/mol. The van der Waals surface area contributed by atoms with Gasteiger partial charge in [-0.2, -0.15) is 0 Å². The molecule has 0 radical (unpaired) electrons. The Kier molecular flexibility index (Phi) is 5.96. The van der Waals surface area contributed by atoms with Crippen molar-refractivity contribution in [3.8, 4) is 5.75 Å². The summed E-state index contributed by atoms with van der Waals surface area (Å²) in [4.78, 5) is 12.2. The van der Waals surface area contributed by atoms with E-state index in [1.165, 1.54) is 0 Å². The number of rotatable bonds is 6. The van der Waals surface area contributed by atoms with Crippen molar-refractivity contribution >= 4 is 18.1 Å². The predicted molar refractivity (Wildman–Crippen MR) is 91.5 cm³/mol. The molecule has 0 fully saturated rings. The molecule has 0 heterocycles. The maximum absolute atomic E-state index is 12.2. The number of carbonyl (C=O) groups is 1. The molecule has 0 aliphatic heterocycles. The average molecular weight is 294 g/mol. The van der Waals surface area contributed by atoms with Gasteiger partial charge in [0.1, 0.15) is 5.75 Å². The minimum Gasteiger partial charge on any atom is -0.426 e. The fraction of sp³-hybridized carbons (Fsp3) is 0.250. The zero-order chi connectivity index (χ0) is 15.8. The van der Waals surface area contributed by atoms with Crippen LogP contribution in [0.1, 0.15) is 37.8 Å². The van der Waals surface area contributed by atoms with Gasteiger partial charge in [0.25, 0.3) is 0 Å². The highest BCUT2D eigenvalue weighted by molar-refractivity contribution is 5.78. The normalized spacial score (nSPS) is 11.0. The highest BCUT2D eigenvalue weighted by atomic mass is 16.5. The molecule has 0 saturated heterocycles. The van der Waals surface area contributed by atoms with Crippen LogP contribution in [0.5, 0.6) is 5.75 Å². The Labute approximate surface area is 132 Å². The van der Waals surface area contributed by atoms with Crippen molar-refractivity contribution in [1.82, 2.24) is 0 Å². The predicted octanol–water partition coefficient (Wildman–Crippen LogP) is 5.20. The average Bonchev–Trinajstić information content (AvgIpc) is 2.56. The molecule has 22 heavy (non-hydrogen) atoms. The number of carbonyl (C=O) groups excluding carboxylic acids is 1. The van der Waals surface area contributed by atoms with Crippen molar-refractivity contribution < 1.29 is 9.53 Å². The molecule has 0 aliphatic carbocycles. The van der Waals surface area contributed by atoms with Gasteiger partial charge >= 0.3 is 5.97 Å². The first kappa shape index (κ1) is 16.0. The van der Waals surface area contributed by atoms with Crippen molar-refractivity contribution in [1.29, 1.82) is 0 Å². The van der Waals surface area contributed by atoms with Gasteiger partial charge in [-0.05, 0) is 24.5 Å². The van der Waals surface area contributed by atoms with Gasteiger partial charge in [0, 0.05) is 5.56 Å². The van der Waals surface area contributed by atoms with E-state index in [1.54, 1.807) is 0 Å². The molecule has 0 N–H and O–H groups in total. The van der Waals surface area contributed by atoms with Crippen LogP contribution in [0.25, 0.3) is 12.2 Å². The van der Waals surface area contributed by atoms with Crippen molar-refractivity contribution in [2.45, 2.75) is 26.7 Å². The Morgan fingerprint density at radius 2 is 1.59 bits per heavy atom. The molecule has 0 spiro atoms. The van der Waals surface area contributed by atoms with E-state index in [9.17, 15) is 4.79 Å². The van der Waals surface area contributed by atoms with Crippen LogP contribution in [0.15, 0.2) is 54.6 Å². The lowest BCUT2D eigenvalue weighted by molar-refractivity contribution is -0.139. The summed E-state index contributed by atoms with van der Waals surface area (Å²) in [6.45, 7) is 4.02. The highest BCUT2D eigenvalue weighted by Crippen LogP contribution is 2.23. The maximum Gasteiger partial charge on any atom is 0.314 e. The van der Waals surface area contributed by atoms with E-state index in [0.29, 0.717) is 5.75 Å². The summed E-state index contributed by atoms with van der Waals surface area (Å²) in [6, 6.07) is 17.7. The standard InChI is InChI=1S/C20H22O2/c1-3-17(4-2)20(21)22-19-13-9-8-12-18(19)15-14-16-10-6-5-7-11-16/h5-15,17H,3-4H2,1-2H3/b15-14+. The van der Waals surface area contributed by atoms with Gasteiger partial charge < -0.3 is 4.74 Å². The molecule has 2 aromatic carbocycles. The fourth-order valence-electron chi connectivity index (χ4n) is 2.28. The molecule has 0 aliphatic rings. The molecule has 0 aromatic heterocycles. The molecule has 0 unspecified atom stereocenters. The van der Waals surface area contributed by atoms with Crippen LogP contribution in [0.4, 0.5) is 0 Å². The van der Waals surface area contributed by atoms with E-state index in [4.69, 9.17) is 4.74 Å². The number of benzene rings is 2. The van der Waals surface area contributed by atoms with Crippen LogP contribution in [0.2, 0.25) is 0 Å². The third-order valence-corrected chi connectivity index (χ3v) is 3.70. The number of esters is 1. The summed E-state index contributed by atoms with van der Waals surface area (Å²) in [6.07, 6.45) is 5.60. The number of ether oxygens (including phenoxy) is 1. The summed E-state index contributed by atoms with van der Waals surface area (Å²) >= 11 is 0. The Bertz CT molecular complexity index is 625. The fourth-order valence-corrected chi connectivity index (χ4v) is 2.28. The quantitative estimate of drug-likeness (QED) is 0.416.